The van der Waals surface area contributed by atoms with E-state index in [4.69, 9.17) is 0 Å². The van der Waals surface area contributed by atoms with Crippen LogP contribution in [0.5, 0.6) is 0 Å². The van der Waals surface area contributed by atoms with Crippen molar-refractivity contribution >= 4 is 0 Å². The fraction of sp³-hybridized carbons (Fsp3) is 0. The summed E-state index contributed by atoms with van der Waals surface area (Å²) in [5.74, 6) is 0. The Morgan fingerprint density at radius 3 is 0.741 bits per heavy atom. The second-order valence-electron chi connectivity index (χ2n) is 4.86. The Kier molecular flexibility index (Phi) is 12.8. The molecule has 0 aromatic carbocycles. The molecule has 0 N–H and O–H groups in total. The van der Waals surface area contributed by atoms with Gasteiger partial charge in [0.2, 0.25) is 0 Å². The molecule has 0 aliphatic heterocycles. The molecule has 27 heavy (non-hydrogen) atoms. The summed E-state index contributed by atoms with van der Waals surface area (Å²) in [7, 11) is 0. The van der Waals surface area contributed by atoms with Gasteiger partial charge >= 0.3 is 0 Å². The van der Waals surface area contributed by atoms with E-state index in [0.717, 1.165) is 22.8 Å². The first-order valence-corrected chi connectivity index (χ1v) is 7.58. The maximum absolute atomic E-state index is 4.19. The number of hydrogen-bond acceptors (Lipinski definition) is 4. The van der Waals surface area contributed by atoms with Crippen molar-refractivity contribution in [2.45, 2.75) is 0 Å². The van der Waals surface area contributed by atoms with Gasteiger partial charge in [-0.15, -0.1) is 0 Å². The second-order valence-corrected chi connectivity index (χ2v) is 4.86. The molecule has 4 heterocycles. The van der Waals surface area contributed by atoms with Crippen LogP contribution in [0.1, 0.15) is 0 Å². The Morgan fingerprint density at radius 1 is 0.370 bits per heavy atom. The van der Waals surface area contributed by atoms with E-state index >= 15 is 0 Å². The van der Waals surface area contributed by atoms with Gasteiger partial charge in [-0.2, -0.15) is 0 Å². The monoisotopic (exact) mass is 484 g/mol. The maximum Gasteiger partial charge on any atom is 0.0886 e. The quantitative estimate of drug-likeness (QED) is 0.319. The molecule has 0 radical (unpaired) electrons. The van der Waals surface area contributed by atoms with Crippen molar-refractivity contribution in [1.29, 1.82) is 0 Å². The van der Waals surface area contributed by atoms with Gasteiger partial charge in [0.25, 0.3) is 0 Å². The Balaban J connectivity index is 0.000000451. The molecule has 4 aromatic rings. The van der Waals surface area contributed by atoms with E-state index < -0.39 is 0 Å². The van der Waals surface area contributed by atoms with E-state index in [0.29, 0.717) is 0 Å². The van der Waals surface area contributed by atoms with Crippen LogP contribution in [0.4, 0.5) is 0 Å². The van der Waals surface area contributed by atoms with Crippen molar-refractivity contribution in [3.8, 4) is 22.8 Å². The normalized spacial score (nSPS) is 8.59. The number of pyridine rings is 4. The molecule has 0 fully saturated rings. The van der Waals surface area contributed by atoms with Gasteiger partial charge in [0.15, 0.2) is 0 Å². The van der Waals surface area contributed by atoms with Crippen molar-refractivity contribution in [2.75, 3.05) is 0 Å². The molecular weight excluding hydrogens is 468 g/mol. The van der Waals surface area contributed by atoms with Crippen LogP contribution in [-0.2, 0) is 19.5 Å². The Morgan fingerprint density at radius 2 is 0.593 bits per heavy atom. The van der Waals surface area contributed by atoms with E-state index in [-0.39, 0.29) is 44.3 Å². The third kappa shape index (κ3) is 7.92. The van der Waals surface area contributed by atoms with E-state index in [1.54, 1.807) is 24.8 Å². The number of aromatic nitrogens is 4. The molecule has 4 nitrogen and oxygen atoms in total. The third-order valence-electron chi connectivity index (χ3n) is 3.18. The average molecular weight is 484 g/mol. The van der Waals surface area contributed by atoms with Crippen molar-refractivity contribution in [2.24, 2.45) is 0 Å². The van der Waals surface area contributed by atoms with Gasteiger partial charge in [-0.1, -0.05) is 24.3 Å². The van der Waals surface area contributed by atoms with Crippen LogP contribution >= 0.6 is 0 Å². The molecule has 0 atom stereocenters. The standard InChI is InChI=1S/2C10H8N2.2ClH.Ru/c2*1-3-7-11-9(5-1)10-6-2-4-8-12-10;;;/h2*1-8H;2*1H;/p-2. The minimum absolute atomic E-state index is 0. The van der Waals surface area contributed by atoms with Crippen LogP contribution in [0.15, 0.2) is 97.6 Å². The third-order valence-corrected chi connectivity index (χ3v) is 3.18. The summed E-state index contributed by atoms with van der Waals surface area (Å²) in [6.45, 7) is 0. The first kappa shape index (κ1) is 24.8. The molecule has 0 bridgehead atoms. The molecule has 0 aliphatic rings. The zero-order valence-corrected chi connectivity index (χ0v) is 17.4. The fourth-order valence-electron chi connectivity index (χ4n) is 2.06. The van der Waals surface area contributed by atoms with Gasteiger partial charge < -0.3 is 24.8 Å². The SMILES string of the molecule is [Cl-].[Cl-].[Ru].c1ccc(-c2ccccn2)nc1.c1ccc(-c2ccccn2)nc1. The topological polar surface area (TPSA) is 51.6 Å². The number of rotatable bonds is 2. The summed E-state index contributed by atoms with van der Waals surface area (Å²) in [6, 6.07) is 23.2. The van der Waals surface area contributed by atoms with Gasteiger partial charge in [-0.3, -0.25) is 19.9 Å². The summed E-state index contributed by atoms with van der Waals surface area (Å²) in [6.07, 6.45) is 7.07. The number of hydrogen-bond donors (Lipinski definition) is 0. The van der Waals surface area contributed by atoms with E-state index in [9.17, 15) is 0 Å². The summed E-state index contributed by atoms with van der Waals surface area (Å²) >= 11 is 0. The second kappa shape index (κ2) is 13.9. The molecule has 140 valence electrons. The van der Waals surface area contributed by atoms with Crippen molar-refractivity contribution in [3.05, 3.63) is 97.6 Å². The predicted molar refractivity (Wildman–Crippen MR) is 94.9 cm³/mol. The first-order chi connectivity index (χ1) is 11.9. The Hall–Kier alpha value is -2.20. The largest absolute Gasteiger partial charge is 1.00 e. The molecule has 0 saturated carbocycles. The molecular formula is C20H16Cl2N4Ru-2. The molecule has 4 rings (SSSR count). The van der Waals surface area contributed by atoms with Crippen LogP contribution < -0.4 is 24.8 Å². The predicted octanol–water partition coefficient (Wildman–Crippen LogP) is -1.71. The van der Waals surface area contributed by atoms with E-state index in [1.165, 1.54) is 0 Å². The van der Waals surface area contributed by atoms with Crippen LogP contribution in [0.2, 0.25) is 0 Å². The zero-order valence-electron chi connectivity index (χ0n) is 14.1. The van der Waals surface area contributed by atoms with Gasteiger partial charge in [0.05, 0.1) is 22.8 Å². The van der Waals surface area contributed by atoms with Crippen LogP contribution in [0.25, 0.3) is 22.8 Å². The van der Waals surface area contributed by atoms with Gasteiger partial charge in [0, 0.05) is 44.3 Å². The zero-order chi connectivity index (χ0) is 16.5. The molecule has 0 amide bonds. The fourth-order valence-corrected chi connectivity index (χ4v) is 2.06. The van der Waals surface area contributed by atoms with Crippen molar-refractivity contribution < 1.29 is 44.3 Å². The molecule has 7 heteroatoms. The summed E-state index contributed by atoms with van der Waals surface area (Å²) in [4.78, 5) is 16.7. The van der Waals surface area contributed by atoms with Crippen LogP contribution in [0.3, 0.4) is 0 Å². The Bertz CT molecular complexity index is 702. The van der Waals surface area contributed by atoms with Crippen LogP contribution in [-0.4, -0.2) is 19.9 Å². The van der Waals surface area contributed by atoms with Gasteiger partial charge in [-0.05, 0) is 48.5 Å². The molecule has 0 unspecified atom stereocenters. The molecule has 0 aliphatic carbocycles. The van der Waals surface area contributed by atoms with Crippen molar-refractivity contribution in [1.82, 2.24) is 19.9 Å². The molecule has 4 aromatic heterocycles. The summed E-state index contributed by atoms with van der Waals surface area (Å²) < 4.78 is 0. The minimum Gasteiger partial charge on any atom is -1.00 e. The first-order valence-electron chi connectivity index (χ1n) is 7.58. The van der Waals surface area contributed by atoms with Gasteiger partial charge in [-0.25, -0.2) is 0 Å². The van der Waals surface area contributed by atoms with E-state index in [1.807, 2.05) is 72.8 Å². The average Bonchev–Trinajstić information content (AvgIpc) is 2.71. The summed E-state index contributed by atoms with van der Waals surface area (Å²) in [5.41, 5.74) is 3.66. The number of nitrogens with zero attached hydrogens (tertiary/aromatic N) is 4. The van der Waals surface area contributed by atoms with E-state index in [2.05, 4.69) is 19.9 Å². The summed E-state index contributed by atoms with van der Waals surface area (Å²) in [5, 5.41) is 0. The van der Waals surface area contributed by atoms with Crippen LogP contribution in [0, 0.1) is 0 Å². The van der Waals surface area contributed by atoms with Gasteiger partial charge in [0.1, 0.15) is 0 Å². The molecule has 0 spiro atoms. The smallest absolute Gasteiger partial charge is 0.0886 e. The maximum atomic E-state index is 4.19. The van der Waals surface area contributed by atoms with Crippen molar-refractivity contribution in [3.63, 3.8) is 0 Å². The number of halogens is 2. The minimum atomic E-state index is 0. The Labute approximate surface area is 184 Å². The molecule has 0 saturated heterocycles.